The Balaban J connectivity index is 1.50. The molecular weight excluding hydrogens is 488 g/mol. The van der Waals surface area contributed by atoms with Crippen LogP contribution in [0, 0.1) is 0 Å². The maximum Gasteiger partial charge on any atom is 0.410 e. The molecule has 0 saturated carbocycles. The van der Waals surface area contributed by atoms with E-state index in [-0.39, 0.29) is 12.0 Å². The molecule has 4 rings (SSSR count). The number of hydrogen-bond donors (Lipinski definition) is 0. The van der Waals surface area contributed by atoms with Gasteiger partial charge in [0, 0.05) is 25.1 Å². The third-order valence-electron chi connectivity index (χ3n) is 5.54. The third kappa shape index (κ3) is 5.58. The van der Waals surface area contributed by atoms with Gasteiger partial charge in [0.15, 0.2) is 5.65 Å². The van der Waals surface area contributed by atoms with Crippen molar-refractivity contribution in [2.45, 2.75) is 51.7 Å². The summed E-state index contributed by atoms with van der Waals surface area (Å²) in [6, 6.07) is 9.72. The summed E-state index contributed by atoms with van der Waals surface area (Å²) in [4.78, 5) is 18.9. The molecule has 0 spiro atoms. The zero-order chi connectivity index (χ0) is 23.6. The minimum atomic E-state index is -0.497. The van der Waals surface area contributed by atoms with Gasteiger partial charge in [0.2, 0.25) is 5.88 Å². The number of likely N-dealkylation sites (tertiary alicyclic amines) is 1. The van der Waals surface area contributed by atoms with E-state index in [1.54, 1.807) is 18.2 Å². The van der Waals surface area contributed by atoms with Crippen LogP contribution in [0.15, 0.2) is 41.0 Å². The average molecular weight is 517 g/mol. The van der Waals surface area contributed by atoms with E-state index < -0.39 is 5.60 Å². The van der Waals surface area contributed by atoms with Crippen LogP contribution in [0.25, 0.3) is 5.65 Å². The van der Waals surface area contributed by atoms with Crippen molar-refractivity contribution in [2.24, 2.45) is 0 Å². The maximum absolute atomic E-state index is 12.4. The van der Waals surface area contributed by atoms with Crippen molar-refractivity contribution >= 4 is 27.7 Å². The van der Waals surface area contributed by atoms with Crippen LogP contribution in [0.4, 0.5) is 4.79 Å². The molecule has 1 aliphatic heterocycles. The second-order valence-corrected chi connectivity index (χ2v) is 9.98. The Labute approximate surface area is 202 Å². The zero-order valence-electron chi connectivity index (χ0n) is 19.4. The lowest BCUT2D eigenvalue weighted by Crippen LogP contribution is -2.41. The summed E-state index contributed by atoms with van der Waals surface area (Å²) in [5.74, 6) is 1.58. The van der Waals surface area contributed by atoms with Gasteiger partial charge >= 0.3 is 6.09 Å². The molecule has 3 aromatic rings. The van der Waals surface area contributed by atoms with Gasteiger partial charge in [-0.2, -0.15) is 10.1 Å². The fourth-order valence-electron chi connectivity index (χ4n) is 3.86. The number of piperidine rings is 1. The van der Waals surface area contributed by atoms with Gasteiger partial charge in [0.25, 0.3) is 0 Å². The third-order valence-corrected chi connectivity index (χ3v) is 6.10. The Kier molecular flexibility index (Phi) is 6.78. The fraction of sp³-hybridized carbons (Fsp3) is 0.458. The summed E-state index contributed by atoms with van der Waals surface area (Å²) in [7, 11) is 1.65. The normalized spacial score (nSPS) is 15.0. The molecule has 3 heterocycles. The van der Waals surface area contributed by atoms with Crippen molar-refractivity contribution in [3.05, 3.63) is 52.3 Å². The molecule has 0 aliphatic carbocycles. The van der Waals surface area contributed by atoms with Crippen molar-refractivity contribution < 1.29 is 19.0 Å². The first-order valence-electron chi connectivity index (χ1n) is 11.0. The quantitative estimate of drug-likeness (QED) is 0.464. The van der Waals surface area contributed by atoms with Crippen molar-refractivity contribution in [1.82, 2.24) is 19.5 Å². The molecule has 1 fully saturated rings. The molecular formula is C24H29BrN4O4. The molecule has 2 aromatic heterocycles. The number of carbonyl (C=O) groups excluding carboxylic acids is 1. The maximum atomic E-state index is 12.4. The summed E-state index contributed by atoms with van der Waals surface area (Å²) in [6.07, 6.45) is 3.11. The number of nitrogens with zero attached hydrogens (tertiary/aromatic N) is 4. The van der Waals surface area contributed by atoms with Gasteiger partial charge < -0.3 is 19.1 Å². The van der Waals surface area contributed by atoms with Crippen molar-refractivity contribution in [3.63, 3.8) is 0 Å². The topological polar surface area (TPSA) is 78.2 Å². The molecule has 1 aromatic carbocycles. The Morgan fingerprint density at radius 3 is 2.52 bits per heavy atom. The van der Waals surface area contributed by atoms with Crippen molar-refractivity contribution in [2.75, 3.05) is 20.2 Å². The largest absolute Gasteiger partial charge is 0.497 e. The average Bonchev–Trinajstić information content (AvgIpc) is 3.17. The van der Waals surface area contributed by atoms with E-state index in [0.717, 1.165) is 34.3 Å². The molecule has 0 N–H and O–H groups in total. The Hall–Kier alpha value is -2.81. The number of amides is 1. The smallest absolute Gasteiger partial charge is 0.410 e. The first-order valence-corrected chi connectivity index (χ1v) is 11.8. The first kappa shape index (κ1) is 23.4. The predicted octanol–water partition coefficient (Wildman–Crippen LogP) is 5.19. The molecule has 1 saturated heterocycles. The van der Waals surface area contributed by atoms with Crippen molar-refractivity contribution in [1.29, 1.82) is 0 Å². The molecule has 0 atom stereocenters. The Morgan fingerprint density at radius 2 is 1.88 bits per heavy atom. The van der Waals surface area contributed by atoms with E-state index in [1.165, 1.54) is 0 Å². The molecule has 0 radical (unpaired) electrons. The number of rotatable bonds is 5. The molecule has 0 unspecified atom stereocenters. The highest BCUT2D eigenvalue weighted by Crippen LogP contribution is 2.32. The van der Waals surface area contributed by atoms with Crippen LogP contribution in [-0.4, -0.2) is 51.4 Å². The second kappa shape index (κ2) is 9.59. The summed E-state index contributed by atoms with van der Waals surface area (Å²) >= 11 is 3.54. The molecule has 1 aliphatic rings. The lowest BCUT2D eigenvalue weighted by Gasteiger charge is -2.33. The molecule has 0 bridgehead atoms. The minimum Gasteiger partial charge on any atom is -0.497 e. The van der Waals surface area contributed by atoms with E-state index in [1.807, 2.05) is 55.6 Å². The molecule has 1 amide bonds. The highest BCUT2D eigenvalue weighted by molar-refractivity contribution is 9.10. The van der Waals surface area contributed by atoms with E-state index in [9.17, 15) is 4.79 Å². The van der Waals surface area contributed by atoms with Gasteiger partial charge in [0.1, 0.15) is 18.0 Å². The fourth-order valence-corrected chi connectivity index (χ4v) is 4.21. The van der Waals surface area contributed by atoms with E-state index in [2.05, 4.69) is 26.0 Å². The molecule has 176 valence electrons. The van der Waals surface area contributed by atoms with Gasteiger partial charge in [-0.1, -0.05) is 12.1 Å². The summed E-state index contributed by atoms with van der Waals surface area (Å²) in [6.45, 7) is 7.31. The number of fused-ring (bicyclic) bond motifs is 1. The Morgan fingerprint density at radius 1 is 1.18 bits per heavy atom. The lowest BCUT2D eigenvalue weighted by atomic mass is 9.93. The monoisotopic (exact) mass is 516 g/mol. The number of benzene rings is 1. The number of ether oxygens (including phenoxy) is 3. The number of methoxy groups -OCH3 is 1. The van der Waals surface area contributed by atoms with Gasteiger partial charge in [-0.3, -0.25) is 0 Å². The lowest BCUT2D eigenvalue weighted by molar-refractivity contribution is 0.0203. The van der Waals surface area contributed by atoms with E-state index in [0.29, 0.717) is 31.2 Å². The Bertz CT molecular complexity index is 1120. The molecule has 8 nitrogen and oxygen atoms in total. The zero-order valence-corrected chi connectivity index (χ0v) is 21.0. The van der Waals surface area contributed by atoms with Crippen LogP contribution < -0.4 is 9.47 Å². The summed E-state index contributed by atoms with van der Waals surface area (Å²) < 4.78 is 19.5. The van der Waals surface area contributed by atoms with Crippen LogP contribution in [0.3, 0.4) is 0 Å². The number of hydrogen-bond acceptors (Lipinski definition) is 6. The SMILES string of the molecule is COc1ccc(COc2cc(C3CCN(C(=O)OC(C)(C)C)CC3)n3ncc(Br)c3n2)cc1. The van der Waals surface area contributed by atoms with Gasteiger partial charge in [-0.25, -0.2) is 9.31 Å². The summed E-state index contributed by atoms with van der Waals surface area (Å²) in [5.41, 5.74) is 2.27. The van der Waals surface area contributed by atoms with Gasteiger partial charge in [0.05, 0.1) is 23.5 Å². The molecule has 33 heavy (non-hydrogen) atoms. The van der Waals surface area contributed by atoms with E-state index >= 15 is 0 Å². The second-order valence-electron chi connectivity index (χ2n) is 9.13. The van der Waals surface area contributed by atoms with Gasteiger partial charge in [-0.15, -0.1) is 0 Å². The van der Waals surface area contributed by atoms with E-state index in [4.69, 9.17) is 14.2 Å². The van der Waals surface area contributed by atoms with Crippen molar-refractivity contribution in [3.8, 4) is 11.6 Å². The number of carbonyl (C=O) groups is 1. The highest BCUT2D eigenvalue weighted by atomic mass is 79.9. The predicted molar refractivity (Wildman–Crippen MR) is 128 cm³/mol. The van der Waals surface area contributed by atoms with Gasteiger partial charge in [-0.05, 0) is 67.2 Å². The van der Waals surface area contributed by atoms with Crippen LogP contribution >= 0.6 is 15.9 Å². The standard InChI is InChI=1S/C24H29BrN4O4/c1-24(2,3)33-23(30)28-11-9-17(10-12-28)20-13-21(27-22-19(25)14-26-29(20)22)32-15-16-5-7-18(31-4)8-6-16/h5-8,13-14,17H,9-12,15H2,1-4H3. The summed E-state index contributed by atoms with van der Waals surface area (Å²) in [5, 5.41) is 4.51. The van der Waals surface area contributed by atoms with Crippen LogP contribution in [-0.2, 0) is 11.3 Å². The minimum absolute atomic E-state index is 0.226. The van der Waals surface area contributed by atoms with Crippen LogP contribution in [0.1, 0.15) is 50.8 Å². The molecule has 9 heteroatoms. The number of aromatic nitrogens is 3. The van der Waals surface area contributed by atoms with Crippen LogP contribution in [0.5, 0.6) is 11.6 Å². The highest BCUT2D eigenvalue weighted by Gasteiger charge is 2.29. The van der Waals surface area contributed by atoms with Crippen LogP contribution in [0.2, 0.25) is 0 Å². The first-order chi connectivity index (χ1) is 15.7. The number of halogens is 1.